The number of anilines is 2. The van der Waals surface area contributed by atoms with E-state index in [1.807, 2.05) is 6.07 Å². The zero-order chi connectivity index (χ0) is 16.3. The molecule has 0 spiro atoms. The fourth-order valence-electron chi connectivity index (χ4n) is 3.53. The molecule has 2 fully saturated rings. The molecule has 0 aromatic heterocycles. The van der Waals surface area contributed by atoms with Crippen LogP contribution in [0.3, 0.4) is 0 Å². The Balaban J connectivity index is 1.64. The highest BCUT2D eigenvalue weighted by molar-refractivity contribution is 7.93. The minimum atomic E-state index is -3.19. The van der Waals surface area contributed by atoms with E-state index in [-0.39, 0.29) is 11.7 Å². The van der Waals surface area contributed by atoms with E-state index in [4.69, 9.17) is 0 Å². The van der Waals surface area contributed by atoms with E-state index in [9.17, 15) is 13.2 Å². The summed E-state index contributed by atoms with van der Waals surface area (Å²) in [6.45, 7) is 0.516. The van der Waals surface area contributed by atoms with Gasteiger partial charge in [0, 0.05) is 18.7 Å². The molecule has 0 unspecified atom stereocenters. The third-order valence-electron chi connectivity index (χ3n) is 4.72. The van der Waals surface area contributed by atoms with E-state index < -0.39 is 10.0 Å². The van der Waals surface area contributed by atoms with Crippen LogP contribution < -0.4 is 9.62 Å². The van der Waals surface area contributed by atoms with Crippen LogP contribution in [0.15, 0.2) is 24.3 Å². The highest BCUT2D eigenvalue weighted by Gasteiger charge is 2.28. The summed E-state index contributed by atoms with van der Waals surface area (Å²) in [5, 5.41) is 2.92. The molecule has 1 aliphatic heterocycles. The van der Waals surface area contributed by atoms with Gasteiger partial charge in [-0.15, -0.1) is 0 Å². The van der Waals surface area contributed by atoms with Gasteiger partial charge < -0.3 is 5.32 Å². The third-order valence-corrected chi connectivity index (χ3v) is 6.59. The van der Waals surface area contributed by atoms with Crippen LogP contribution in [0.5, 0.6) is 0 Å². The minimum Gasteiger partial charge on any atom is -0.326 e. The van der Waals surface area contributed by atoms with Crippen molar-refractivity contribution in [2.24, 2.45) is 5.92 Å². The monoisotopic (exact) mass is 336 g/mol. The van der Waals surface area contributed by atoms with Crippen LogP contribution in [0.25, 0.3) is 0 Å². The van der Waals surface area contributed by atoms with Crippen molar-refractivity contribution >= 4 is 27.3 Å². The number of nitrogens with one attached hydrogen (secondary N) is 1. The zero-order valence-electron chi connectivity index (χ0n) is 13.3. The third kappa shape index (κ3) is 4.05. The highest BCUT2D eigenvalue weighted by atomic mass is 32.2. The lowest BCUT2D eigenvalue weighted by Gasteiger charge is -2.21. The van der Waals surface area contributed by atoms with E-state index in [1.165, 1.54) is 23.6 Å². The molecule has 23 heavy (non-hydrogen) atoms. The standard InChI is InChI=1S/C17H24N2O3S/c20-17(12-14-6-2-1-3-7-14)18-15-8-4-9-16(13-15)19-10-5-11-23(19,21)22/h4,8-9,13-14H,1-3,5-7,10-12H2,(H,18,20). The largest absolute Gasteiger partial charge is 0.326 e. The summed E-state index contributed by atoms with van der Waals surface area (Å²) in [6.07, 6.45) is 7.22. The summed E-state index contributed by atoms with van der Waals surface area (Å²) < 4.78 is 25.4. The van der Waals surface area contributed by atoms with Crippen LogP contribution in [0.4, 0.5) is 11.4 Å². The second kappa shape index (κ2) is 6.91. The predicted octanol–water partition coefficient (Wildman–Crippen LogP) is 3.14. The fraction of sp³-hybridized carbons (Fsp3) is 0.588. The molecule has 1 aromatic rings. The summed E-state index contributed by atoms with van der Waals surface area (Å²) >= 11 is 0. The lowest BCUT2D eigenvalue weighted by molar-refractivity contribution is -0.117. The van der Waals surface area contributed by atoms with Crippen LogP contribution in [0.1, 0.15) is 44.9 Å². The molecule has 3 rings (SSSR count). The number of hydrogen-bond acceptors (Lipinski definition) is 3. The smallest absolute Gasteiger partial charge is 0.235 e. The summed E-state index contributed by atoms with van der Waals surface area (Å²) in [4.78, 5) is 12.2. The first-order chi connectivity index (χ1) is 11.0. The maximum absolute atomic E-state index is 12.2. The van der Waals surface area contributed by atoms with Gasteiger partial charge in [-0.1, -0.05) is 25.3 Å². The summed E-state index contributed by atoms with van der Waals surface area (Å²) in [7, 11) is -3.19. The number of rotatable bonds is 4. The maximum Gasteiger partial charge on any atom is 0.235 e. The fourth-order valence-corrected chi connectivity index (χ4v) is 5.09. The molecule has 0 atom stereocenters. The summed E-state index contributed by atoms with van der Waals surface area (Å²) in [6, 6.07) is 7.13. The summed E-state index contributed by atoms with van der Waals surface area (Å²) in [5.41, 5.74) is 1.31. The normalized spacial score (nSPS) is 21.3. The molecule has 6 heteroatoms. The van der Waals surface area contributed by atoms with Crippen molar-refractivity contribution in [3.8, 4) is 0 Å². The Morgan fingerprint density at radius 3 is 2.65 bits per heavy atom. The van der Waals surface area contributed by atoms with Gasteiger partial charge in [-0.25, -0.2) is 8.42 Å². The molecule has 1 amide bonds. The van der Waals surface area contributed by atoms with Gasteiger partial charge in [0.15, 0.2) is 0 Å². The maximum atomic E-state index is 12.2. The first-order valence-corrected chi connectivity index (χ1v) is 10.1. The van der Waals surface area contributed by atoms with Gasteiger partial charge in [-0.2, -0.15) is 0 Å². The predicted molar refractivity (Wildman–Crippen MR) is 92.0 cm³/mol. The molecule has 126 valence electrons. The minimum absolute atomic E-state index is 0.0262. The Morgan fingerprint density at radius 2 is 1.96 bits per heavy atom. The number of benzene rings is 1. The molecule has 0 bridgehead atoms. The molecule has 1 heterocycles. The van der Waals surface area contributed by atoms with Gasteiger partial charge in [0.05, 0.1) is 11.4 Å². The summed E-state index contributed by atoms with van der Waals surface area (Å²) in [5.74, 6) is 0.717. The van der Waals surface area contributed by atoms with Crippen LogP contribution in [0.2, 0.25) is 0 Å². The average molecular weight is 336 g/mol. The van der Waals surface area contributed by atoms with Gasteiger partial charge in [0.2, 0.25) is 15.9 Å². The molecule has 1 saturated carbocycles. The quantitative estimate of drug-likeness (QED) is 0.918. The topological polar surface area (TPSA) is 66.5 Å². The van der Waals surface area contributed by atoms with Crippen molar-refractivity contribution in [3.63, 3.8) is 0 Å². The Hall–Kier alpha value is -1.56. The zero-order valence-corrected chi connectivity index (χ0v) is 14.1. The van der Waals surface area contributed by atoms with E-state index >= 15 is 0 Å². The molecular formula is C17H24N2O3S. The lowest BCUT2D eigenvalue weighted by atomic mass is 9.87. The van der Waals surface area contributed by atoms with Gasteiger partial charge in [0.1, 0.15) is 0 Å². The van der Waals surface area contributed by atoms with E-state index in [0.717, 1.165) is 12.8 Å². The Labute approximate surface area is 138 Å². The molecule has 1 aliphatic carbocycles. The van der Waals surface area contributed by atoms with Gasteiger partial charge >= 0.3 is 0 Å². The van der Waals surface area contributed by atoms with Crippen LogP contribution in [-0.2, 0) is 14.8 Å². The average Bonchev–Trinajstić information content (AvgIpc) is 2.88. The van der Waals surface area contributed by atoms with Gasteiger partial charge in [0.25, 0.3) is 0 Å². The van der Waals surface area contributed by atoms with E-state index in [2.05, 4.69) is 5.32 Å². The van der Waals surface area contributed by atoms with Crippen molar-refractivity contribution in [1.82, 2.24) is 0 Å². The molecular weight excluding hydrogens is 312 g/mol. The van der Waals surface area contributed by atoms with Crippen LogP contribution in [0, 0.1) is 5.92 Å². The molecule has 5 nitrogen and oxygen atoms in total. The molecule has 1 aromatic carbocycles. The number of amides is 1. The number of nitrogens with zero attached hydrogens (tertiary/aromatic N) is 1. The second-order valence-corrected chi connectivity index (χ2v) is 8.56. The van der Waals surface area contributed by atoms with Crippen LogP contribution in [-0.4, -0.2) is 26.6 Å². The van der Waals surface area contributed by atoms with Crippen molar-refractivity contribution in [1.29, 1.82) is 0 Å². The van der Waals surface area contributed by atoms with Crippen LogP contribution >= 0.6 is 0 Å². The number of carbonyl (C=O) groups excluding carboxylic acids is 1. The Kier molecular flexibility index (Phi) is 4.90. The second-order valence-electron chi connectivity index (χ2n) is 6.55. The van der Waals surface area contributed by atoms with Crippen molar-refractivity contribution in [3.05, 3.63) is 24.3 Å². The highest BCUT2D eigenvalue weighted by Crippen LogP contribution is 2.28. The number of carbonyl (C=O) groups is 1. The first kappa shape index (κ1) is 16.3. The van der Waals surface area contributed by atoms with E-state index in [1.54, 1.807) is 18.2 Å². The number of hydrogen-bond donors (Lipinski definition) is 1. The molecule has 1 saturated heterocycles. The molecule has 0 radical (unpaired) electrons. The Morgan fingerprint density at radius 1 is 1.17 bits per heavy atom. The SMILES string of the molecule is O=C(CC1CCCCC1)Nc1cccc(N2CCCS2(=O)=O)c1. The van der Waals surface area contributed by atoms with Gasteiger partial charge in [-0.3, -0.25) is 9.10 Å². The lowest BCUT2D eigenvalue weighted by Crippen LogP contribution is -2.25. The first-order valence-electron chi connectivity index (χ1n) is 8.45. The molecule has 2 aliphatic rings. The van der Waals surface area contributed by atoms with E-state index in [0.29, 0.717) is 36.7 Å². The van der Waals surface area contributed by atoms with Crippen molar-refractivity contribution < 1.29 is 13.2 Å². The molecule has 1 N–H and O–H groups in total. The van der Waals surface area contributed by atoms with Crippen molar-refractivity contribution in [2.75, 3.05) is 21.9 Å². The van der Waals surface area contributed by atoms with Crippen molar-refractivity contribution in [2.45, 2.75) is 44.9 Å². The number of sulfonamides is 1. The Bertz CT molecular complexity index is 666. The van der Waals surface area contributed by atoms with Gasteiger partial charge in [-0.05, 0) is 43.4 Å².